The van der Waals surface area contributed by atoms with Crippen molar-refractivity contribution in [1.29, 1.82) is 0 Å². The van der Waals surface area contributed by atoms with Crippen LogP contribution >= 0.6 is 0 Å². The first-order valence-electron chi connectivity index (χ1n) is 15.6. The van der Waals surface area contributed by atoms with E-state index in [2.05, 4.69) is 15.3 Å². The molecule has 4 atom stereocenters. The number of nitrogens with zero attached hydrogens (tertiary/aromatic N) is 4. The number of rotatable bonds is 10. The fourth-order valence-corrected chi connectivity index (χ4v) is 7.23. The predicted molar refractivity (Wildman–Crippen MR) is 177 cm³/mol. The number of nitro groups is 1. The van der Waals surface area contributed by atoms with Crippen molar-refractivity contribution < 1.29 is 24.4 Å². The molecule has 2 fully saturated rings. The van der Waals surface area contributed by atoms with Crippen molar-refractivity contribution in [2.45, 2.75) is 31.5 Å². The summed E-state index contributed by atoms with van der Waals surface area (Å²) in [6, 6.07) is 24.1. The number of imidazole rings is 1. The van der Waals surface area contributed by atoms with Crippen LogP contribution in [0.25, 0.3) is 23.1 Å². The van der Waals surface area contributed by atoms with Crippen molar-refractivity contribution in [3.05, 3.63) is 129 Å². The van der Waals surface area contributed by atoms with Gasteiger partial charge < -0.3 is 20.2 Å². The van der Waals surface area contributed by atoms with Gasteiger partial charge in [-0.2, -0.15) is 0 Å². The van der Waals surface area contributed by atoms with Crippen LogP contribution in [-0.2, 0) is 27.3 Å². The molecule has 3 aromatic carbocycles. The van der Waals surface area contributed by atoms with E-state index >= 15 is 0 Å². The molecule has 4 heterocycles. The van der Waals surface area contributed by atoms with E-state index in [9.17, 15) is 29.6 Å². The molecule has 2 aliphatic rings. The van der Waals surface area contributed by atoms with E-state index < -0.39 is 46.1 Å². The van der Waals surface area contributed by atoms with Crippen molar-refractivity contribution in [3.8, 4) is 0 Å². The number of aromatic amines is 1. The number of aryl methyl sites for hydroxylation is 1. The highest BCUT2D eigenvalue weighted by Gasteiger charge is 2.68. The van der Waals surface area contributed by atoms with E-state index in [-0.39, 0.29) is 25.3 Å². The quantitative estimate of drug-likeness (QED) is 0.0848. The number of H-pyrrole nitrogens is 1. The number of carbonyl (C=O) groups is 3. The molecule has 0 radical (unpaired) electrons. The number of para-hydroxylation sites is 1. The van der Waals surface area contributed by atoms with Crippen molar-refractivity contribution >= 4 is 46.7 Å². The molecule has 242 valence electrons. The lowest BCUT2D eigenvalue weighted by atomic mass is 9.76. The number of carboxylic acids is 1. The topological polar surface area (TPSA) is 163 Å². The highest BCUT2D eigenvalue weighted by molar-refractivity contribution is 6.09. The molecular formula is C36H32N6O6. The lowest BCUT2D eigenvalue weighted by molar-refractivity contribution is -0.392. The summed E-state index contributed by atoms with van der Waals surface area (Å²) in [6.07, 6.45) is 6.77. The fourth-order valence-electron chi connectivity index (χ4n) is 7.23. The maximum atomic E-state index is 14.2. The molecule has 4 unspecified atom stereocenters. The number of amides is 2. The van der Waals surface area contributed by atoms with Crippen LogP contribution in [0.5, 0.6) is 0 Å². The summed E-state index contributed by atoms with van der Waals surface area (Å²) in [6.45, 7) is 1.38. The largest absolute Gasteiger partial charge is 0.480 e. The van der Waals surface area contributed by atoms with Gasteiger partial charge in [0, 0.05) is 36.5 Å². The van der Waals surface area contributed by atoms with Crippen LogP contribution in [0.1, 0.15) is 34.1 Å². The van der Waals surface area contributed by atoms with Crippen LogP contribution in [0.15, 0.2) is 91.3 Å². The van der Waals surface area contributed by atoms with Gasteiger partial charge in [-0.15, -0.1) is 0 Å². The molecule has 5 aromatic rings. The monoisotopic (exact) mass is 644 g/mol. The number of likely N-dealkylation sites (tertiary alicyclic amines) is 1. The van der Waals surface area contributed by atoms with Gasteiger partial charge in [0.2, 0.25) is 11.8 Å². The van der Waals surface area contributed by atoms with E-state index in [4.69, 9.17) is 0 Å². The van der Waals surface area contributed by atoms with E-state index in [1.165, 1.54) is 4.57 Å². The molecular weight excluding hydrogens is 612 g/mol. The lowest BCUT2D eigenvalue weighted by Gasteiger charge is -2.31. The molecule has 0 bridgehead atoms. The number of carbonyl (C=O) groups excluding carboxylic acids is 2. The summed E-state index contributed by atoms with van der Waals surface area (Å²) >= 11 is 0. The molecule has 12 heteroatoms. The number of aromatic nitrogens is 3. The number of carboxylic acid groups (broad SMARTS) is 1. The zero-order chi connectivity index (χ0) is 33.6. The molecule has 48 heavy (non-hydrogen) atoms. The van der Waals surface area contributed by atoms with Crippen molar-refractivity contribution in [3.63, 3.8) is 0 Å². The van der Waals surface area contributed by atoms with Crippen molar-refractivity contribution in [2.75, 3.05) is 6.54 Å². The fraction of sp³-hybridized carbons (Fsp3) is 0.222. The number of hydrogen-bond acceptors (Lipinski definition) is 7. The summed E-state index contributed by atoms with van der Waals surface area (Å²) in [5.41, 5.74) is 2.33. The zero-order valence-corrected chi connectivity index (χ0v) is 25.9. The Hall–Kier alpha value is -5.88. The number of imide groups is 1. The maximum Gasteiger partial charge on any atom is 0.342 e. The SMILES string of the molecule is Cc1ncc([N+](=O)[O-])n1CCN1C(=O)C2C(c3ccc(C=Cc4ccccc4)cc3)NC(Cc3c[nH]c4ccccc34)(C(=O)O)C2C1=O. The number of nitrogens with one attached hydrogen (secondary N) is 2. The Balaban J connectivity index is 1.25. The molecule has 0 spiro atoms. The second kappa shape index (κ2) is 12.0. The molecule has 2 aromatic heterocycles. The third-order valence-corrected chi connectivity index (χ3v) is 9.60. The first kappa shape index (κ1) is 30.8. The summed E-state index contributed by atoms with van der Waals surface area (Å²) in [5, 5.41) is 26.6. The van der Waals surface area contributed by atoms with Crippen LogP contribution in [0.2, 0.25) is 0 Å². The number of fused-ring (bicyclic) bond motifs is 2. The Morgan fingerprint density at radius 2 is 1.67 bits per heavy atom. The number of hydrogen-bond donors (Lipinski definition) is 3. The second-order valence-corrected chi connectivity index (χ2v) is 12.2. The van der Waals surface area contributed by atoms with Gasteiger partial charge in [-0.3, -0.25) is 24.6 Å². The van der Waals surface area contributed by atoms with Crippen LogP contribution in [-0.4, -0.2) is 59.3 Å². The van der Waals surface area contributed by atoms with E-state index in [0.29, 0.717) is 17.0 Å². The third kappa shape index (κ3) is 5.16. The smallest absolute Gasteiger partial charge is 0.342 e. The van der Waals surface area contributed by atoms with Crippen LogP contribution in [0.3, 0.4) is 0 Å². The van der Waals surface area contributed by atoms with Gasteiger partial charge in [-0.1, -0.05) is 84.9 Å². The summed E-state index contributed by atoms with van der Waals surface area (Å²) < 4.78 is 1.34. The Kier molecular flexibility index (Phi) is 7.72. The summed E-state index contributed by atoms with van der Waals surface area (Å²) in [5.74, 6) is -4.51. The first-order chi connectivity index (χ1) is 23.2. The van der Waals surface area contributed by atoms with E-state index in [1.807, 2.05) is 91.0 Å². The highest BCUT2D eigenvalue weighted by atomic mass is 16.6. The van der Waals surface area contributed by atoms with Crippen LogP contribution in [0.4, 0.5) is 5.82 Å². The van der Waals surface area contributed by atoms with Crippen molar-refractivity contribution in [2.24, 2.45) is 11.8 Å². The Morgan fingerprint density at radius 3 is 2.38 bits per heavy atom. The average molecular weight is 645 g/mol. The van der Waals surface area contributed by atoms with Gasteiger partial charge in [-0.25, -0.2) is 9.55 Å². The second-order valence-electron chi connectivity index (χ2n) is 12.2. The molecule has 0 saturated carbocycles. The molecule has 3 N–H and O–H groups in total. The van der Waals surface area contributed by atoms with Gasteiger partial charge in [0.1, 0.15) is 18.3 Å². The minimum absolute atomic E-state index is 0.0534. The molecule has 7 rings (SSSR count). The third-order valence-electron chi connectivity index (χ3n) is 9.60. The van der Waals surface area contributed by atoms with Crippen LogP contribution in [0, 0.1) is 28.9 Å². The molecule has 0 aliphatic carbocycles. The minimum atomic E-state index is -1.81. The predicted octanol–water partition coefficient (Wildman–Crippen LogP) is 4.76. The normalized spacial score (nSPS) is 22.2. The van der Waals surface area contributed by atoms with Crippen LogP contribution < -0.4 is 5.32 Å². The number of benzene rings is 3. The first-order valence-corrected chi connectivity index (χ1v) is 15.6. The van der Waals surface area contributed by atoms with E-state index in [0.717, 1.165) is 33.1 Å². The standard InChI is InChI=1S/C36H32N6O6/c1-22-37-21-29(42(47)48)40(22)17-18-41-33(43)30-31(34(41)44)36(35(45)46,19-26-20-38-28-10-6-5-9-27(26)28)39-32(30)25-15-13-24(14-16-25)12-11-23-7-3-2-4-8-23/h2-16,20-21,30-32,38-39H,17-19H2,1H3,(H,45,46). The lowest BCUT2D eigenvalue weighted by Crippen LogP contribution is -2.57. The molecule has 2 amide bonds. The van der Waals surface area contributed by atoms with Gasteiger partial charge in [-0.05, 0) is 33.2 Å². The molecule has 12 nitrogen and oxygen atoms in total. The zero-order valence-electron chi connectivity index (χ0n) is 25.9. The van der Waals surface area contributed by atoms with E-state index in [1.54, 1.807) is 13.1 Å². The van der Waals surface area contributed by atoms with Gasteiger partial charge in [0.15, 0.2) is 5.82 Å². The molecule has 2 aliphatic heterocycles. The Labute approximate surface area is 274 Å². The molecule has 2 saturated heterocycles. The maximum absolute atomic E-state index is 14.2. The Bertz CT molecular complexity index is 2080. The summed E-state index contributed by atoms with van der Waals surface area (Å²) in [7, 11) is 0. The van der Waals surface area contributed by atoms with Gasteiger partial charge in [0.05, 0.1) is 18.4 Å². The van der Waals surface area contributed by atoms with Gasteiger partial charge >= 0.3 is 11.8 Å². The Morgan fingerprint density at radius 1 is 0.979 bits per heavy atom. The van der Waals surface area contributed by atoms with Crippen molar-refractivity contribution in [1.82, 2.24) is 24.8 Å². The minimum Gasteiger partial charge on any atom is -0.480 e. The average Bonchev–Trinajstić information content (AvgIpc) is 3.83. The highest BCUT2D eigenvalue weighted by Crippen LogP contribution is 2.50. The summed E-state index contributed by atoms with van der Waals surface area (Å²) in [4.78, 5) is 61.1. The van der Waals surface area contributed by atoms with Gasteiger partial charge in [0.25, 0.3) is 0 Å². The number of aliphatic carboxylic acids is 1.